The van der Waals surface area contributed by atoms with Crippen molar-refractivity contribution < 1.29 is 0 Å². The van der Waals surface area contributed by atoms with Gasteiger partial charge in [-0.3, -0.25) is 0 Å². The van der Waals surface area contributed by atoms with E-state index in [9.17, 15) is 0 Å². The fourth-order valence-electron chi connectivity index (χ4n) is 2.49. The average Bonchev–Trinajstić information content (AvgIpc) is 2.26. The zero-order chi connectivity index (χ0) is 12.3. The summed E-state index contributed by atoms with van der Waals surface area (Å²) in [7, 11) is 0. The Hall–Kier alpha value is -0.240. The fraction of sp³-hybridized carbons (Fsp3) is 0.571. The summed E-state index contributed by atoms with van der Waals surface area (Å²) in [4.78, 5) is 0. The summed E-state index contributed by atoms with van der Waals surface area (Å²) >= 11 is 12.3. The maximum absolute atomic E-state index is 6.14. The zero-order valence-electron chi connectivity index (χ0n) is 10.2. The normalized spacial score (nSPS) is 17.8. The van der Waals surface area contributed by atoms with Gasteiger partial charge in [0, 0.05) is 28.7 Å². The Balaban J connectivity index is 1.90. The predicted molar refractivity (Wildman–Crippen MR) is 74.7 cm³/mol. The lowest BCUT2D eigenvalue weighted by atomic mass is 9.67. The van der Waals surface area contributed by atoms with Crippen LogP contribution in [0.2, 0.25) is 10.0 Å². The number of hydrogen-bond acceptors (Lipinski definition) is 1. The minimum Gasteiger partial charge on any atom is -0.312 e. The van der Waals surface area contributed by atoms with Gasteiger partial charge >= 0.3 is 0 Å². The molecule has 0 bridgehead atoms. The summed E-state index contributed by atoms with van der Waals surface area (Å²) < 4.78 is 0. The van der Waals surface area contributed by atoms with Crippen LogP contribution in [-0.2, 0) is 6.54 Å². The maximum Gasteiger partial charge on any atom is 0.0465 e. The second kappa shape index (κ2) is 5.60. The van der Waals surface area contributed by atoms with E-state index in [2.05, 4.69) is 12.2 Å². The first-order chi connectivity index (χ1) is 8.17. The third-order valence-electron chi connectivity index (χ3n) is 4.03. The van der Waals surface area contributed by atoms with Crippen LogP contribution in [0.15, 0.2) is 18.2 Å². The Bertz CT molecular complexity index is 360. The van der Waals surface area contributed by atoms with E-state index in [1.807, 2.05) is 18.2 Å². The van der Waals surface area contributed by atoms with Crippen molar-refractivity contribution in [1.82, 2.24) is 5.32 Å². The predicted octanol–water partition coefficient (Wildman–Crippen LogP) is 4.66. The van der Waals surface area contributed by atoms with Crippen LogP contribution in [0.25, 0.3) is 0 Å². The van der Waals surface area contributed by atoms with E-state index in [1.165, 1.54) is 25.7 Å². The molecule has 2 rings (SSSR count). The SMILES string of the molecule is CCC1(CNCc2c(Cl)cccc2Cl)CCC1. The standard InChI is InChI=1S/C14H19Cl2N/c1-2-14(7-4-8-14)10-17-9-11-12(15)5-3-6-13(11)16/h3,5-6,17H,2,4,7-10H2,1H3. The van der Waals surface area contributed by atoms with Crippen LogP contribution in [0.3, 0.4) is 0 Å². The first-order valence-electron chi connectivity index (χ1n) is 6.30. The van der Waals surface area contributed by atoms with Crippen molar-refractivity contribution in [3.63, 3.8) is 0 Å². The Kier molecular flexibility index (Phi) is 4.35. The lowest BCUT2D eigenvalue weighted by Crippen LogP contribution is -2.39. The highest BCUT2D eigenvalue weighted by Crippen LogP contribution is 2.43. The molecule has 17 heavy (non-hydrogen) atoms. The van der Waals surface area contributed by atoms with Crippen molar-refractivity contribution in [2.75, 3.05) is 6.54 Å². The molecular weight excluding hydrogens is 253 g/mol. The Morgan fingerprint density at radius 3 is 2.35 bits per heavy atom. The zero-order valence-corrected chi connectivity index (χ0v) is 11.7. The first-order valence-corrected chi connectivity index (χ1v) is 7.06. The van der Waals surface area contributed by atoms with Crippen LogP contribution >= 0.6 is 23.2 Å². The van der Waals surface area contributed by atoms with Crippen molar-refractivity contribution in [3.8, 4) is 0 Å². The number of hydrogen-bond donors (Lipinski definition) is 1. The first kappa shape index (κ1) is 13.2. The third kappa shape index (κ3) is 2.96. The Morgan fingerprint density at radius 2 is 1.88 bits per heavy atom. The summed E-state index contributed by atoms with van der Waals surface area (Å²) in [6.07, 6.45) is 5.35. The molecular formula is C14H19Cl2N. The molecule has 0 radical (unpaired) electrons. The fourth-order valence-corrected chi connectivity index (χ4v) is 3.02. The summed E-state index contributed by atoms with van der Waals surface area (Å²) in [5, 5.41) is 5.02. The molecule has 0 amide bonds. The summed E-state index contributed by atoms with van der Waals surface area (Å²) in [6.45, 7) is 4.12. The van der Waals surface area contributed by atoms with Crippen LogP contribution in [0.4, 0.5) is 0 Å². The highest BCUT2D eigenvalue weighted by atomic mass is 35.5. The van der Waals surface area contributed by atoms with Gasteiger partial charge in [-0.1, -0.05) is 42.6 Å². The van der Waals surface area contributed by atoms with Gasteiger partial charge in [0.15, 0.2) is 0 Å². The third-order valence-corrected chi connectivity index (χ3v) is 4.74. The second-order valence-electron chi connectivity index (χ2n) is 5.01. The van der Waals surface area contributed by atoms with Crippen LogP contribution in [0.1, 0.15) is 38.2 Å². The van der Waals surface area contributed by atoms with Gasteiger partial charge in [0.05, 0.1) is 0 Å². The van der Waals surface area contributed by atoms with E-state index in [1.54, 1.807) is 0 Å². The van der Waals surface area contributed by atoms with Gasteiger partial charge in [0.25, 0.3) is 0 Å². The molecule has 1 saturated carbocycles. The van der Waals surface area contributed by atoms with Crippen LogP contribution < -0.4 is 5.32 Å². The summed E-state index contributed by atoms with van der Waals surface area (Å²) in [5.74, 6) is 0. The molecule has 1 aliphatic carbocycles. The smallest absolute Gasteiger partial charge is 0.0465 e. The van der Waals surface area contributed by atoms with Crippen molar-refractivity contribution in [2.45, 2.75) is 39.2 Å². The highest BCUT2D eigenvalue weighted by molar-refractivity contribution is 6.35. The van der Waals surface area contributed by atoms with Gasteiger partial charge in [-0.05, 0) is 36.8 Å². The molecule has 0 spiro atoms. The number of halogens is 2. The van der Waals surface area contributed by atoms with Crippen LogP contribution in [0, 0.1) is 5.41 Å². The van der Waals surface area contributed by atoms with Crippen molar-refractivity contribution in [2.24, 2.45) is 5.41 Å². The summed E-state index contributed by atoms with van der Waals surface area (Å²) in [5.41, 5.74) is 1.55. The second-order valence-corrected chi connectivity index (χ2v) is 5.83. The minimum absolute atomic E-state index is 0.535. The molecule has 0 atom stereocenters. The molecule has 1 aromatic rings. The molecule has 1 N–H and O–H groups in total. The topological polar surface area (TPSA) is 12.0 Å². The van der Waals surface area contributed by atoms with E-state index in [-0.39, 0.29) is 0 Å². The number of benzene rings is 1. The van der Waals surface area contributed by atoms with Crippen LogP contribution in [-0.4, -0.2) is 6.54 Å². The summed E-state index contributed by atoms with van der Waals surface area (Å²) in [6, 6.07) is 5.67. The van der Waals surface area contributed by atoms with Gasteiger partial charge in [-0.25, -0.2) is 0 Å². The molecule has 0 unspecified atom stereocenters. The molecule has 3 heteroatoms. The van der Waals surface area contributed by atoms with E-state index < -0.39 is 0 Å². The average molecular weight is 272 g/mol. The highest BCUT2D eigenvalue weighted by Gasteiger charge is 2.34. The molecule has 1 fully saturated rings. The van der Waals surface area contributed by atoms with Gasteiger partial charge in [0.2, 0.25) is 0 Å². The molecule has 1 aliphatic rings. The Morgan fingerprint density at radius 1 is 1.24 bits per heavy atom. The molecule has 94 valence electrons. The molecule has 1 aromatic carbocycles. The molecule has 0 heterocycles. The van der Waals surface area contributed by atoms with E-state index in [0.717, 1.165) is 28.7 Å². The van der Waals surface area contributed by atoms with Crippen LogP contribution in [0.5, 0.6) is 0 Å². The van der Waals surface area contributed by atoms with Gasteiger partial charge in [-0.2, -0.15) is 0 Å². The van der Waals surface area contributed by atoms with Gasteiger partial charge < -0.3 is 5.32 Å². The van der Waals surface area contributed by atoms with Gasteiger partial charge in [-0.15, -0.1) is 0 Å². The Labute approximate surface area is 114 Å². The van der Waals surface area contributed by atoms with E-state index in [0.29, 0.717) is 5.41 Å². The quantitative estimate of drug-likeness (QED) is 0.821. The lowest BCUT2D eigenvalue weighted by molar-refractivity contribution is 0.124. The number of rotatable bonds is 5. The largest absolute Gasteiger partial charge is 0.312 e. The number of nitrogens with one attached hydrogen (secondary N) is 1. The van der Waals surface area contributed by atoms with E-state index in [4.69, 9.17) is 23.2 Å². The lowest BCUT2D eigenvalue weighted by Gasteiger charge is -2.41. The maximum atomic E-state index is 6.14. The van der Waals surface area contributed by atoms with Crippen molar-refractivity contribution in [3.05, 3.63) is 33.8 Å². The minimum atomic E-state index is 0.535. The molecule has 0 aliphatic heterocycles. The van der Waals surface area contributed by atoms with Crippen molar-refractivity contribution in [1.29, 1.82) is 0 Å². The van der Waals surface area contributed by atoms with Gasteiger partial charge in [0.1, 0.15) is 0 Å². The molecule has 0 saturated heterocycles. The van der Waals surface area contributed by atoms with E-state index >= 15 is 0 Å². The molecule has 0 aromatic heterocycles. The van der Waals surface area contributed by atoms with Crippen molar-refractivity contribution >= 4 is 23.2 Å². The molecule has 1 nitrogen and oxygen atoms in total. The monoisotopic (exact) mass is 271 g/mol.